The van der Waals surface area contributed by atoms with Gasteiger partial charge in [0.15, 0.2) is 0 Å². The minimum atomic E-state index is -0.896. The zero-order chi connectivity index (χ0) is 8.97. The number of nitrogens with one attached hydrogen (secondary N) is 1. The van der Waals surface area contributed by atoms with Crippen LogP contribution in [0, 0.1) is 5.92 Å². The topological polar surface area (TPSA) is 49.3 Å². The Morgan fingerprint density at radius 1 is 1.50 bits per heavy atom. The molecular formula is C8H14BrNO2. The van der Waals surface area contributed by atoms with Crippen LogP contribution in [0.15, 0.2) is 0 Å². The van der Waals surface area contributed by atoms with E-state index in [2.05, 4.69) is 21.2 Å². The van der Waals surface area contributed by atoms with Crippen LogP contribution in [0.25, 0.3) is 0 Å². The van der Waals surface area contributed by atoms with Gasteiger partial charge >= 0.3 is 6.09 Å². The van der Waals surface area contributed by atoms with Crippen LogP contribution in [0.3, 0.4) is 0 Å². The SMILES string of the molecule is O=C(O)N[C@H]1CCCC[C@@H]1CBr. The fourth-order valence-electron chi connectivity index (χ4n) is 1.74. The van der Waals surface area contributed by atoms with Crippen molar-refractivity contribution in [1.29, 1.82) is 0 Å². The highest BCUT2D eigenvalue weighted by molar-refractivity contribution is 9.09. The van der Waals surface area contributed by atoms with E-state index in [1.165, 1.54) is 6.42 Å². The summed E-state index contributed by atoms with van der Waals surface area (Å²) in [6.07, 6.45) is 3.61. The first-order valence-electron chi connectivity index (χ1n) is 4.29. The molecule has 1 aliphatic carbocycles. The van der Waals surface area contributed by atoms with Gasteiger partial charge in [-0.25, -0.2) is 4.79 Å². The molecule has 2 N–H and O–H groups in total. The summed E-state index contributed by atoms with van der Waals surface area (Å²) in [5.41, 5.74) is 0. The third-order valence-electron chi connectivity index (χ3n) is 2.42. The quantitative estimate of drug-likeness (QED) is 0.722. The number of halogens is 1. The minimum absolute atomic E-state index is 0.163. The molecular weight excluding hydrogens is 222 g/mol. The number of alkyl halides is 1. The Bertz CT molecular complexity index is 163. The molecule has 3 nitrogen and oxygen atoms in total. The Morgan fingerprint density at radius 3 is 2.75 bits per heavy atom. The maximum atomic E-state index is 10.4. The van der Waals surface area contributed by atoms with Gasteiger partial charge in [0.2, 0.25) is 0 Å². The first kappa shape index (κ1) is 9.84. The molecule has 0 saturated heterocycles. The highest BCUT2D eigenvalue weighted by Crippen LogP contribution is 2.25. The van der Waals surface area contributed by atoms with Gasteiger partial charge in [-0.3, -0.25) is 0 Å². The molecule has 70 valence electrons. The van der Waals surface area contributed by atoms with Crippen molar-refractivity contribution in [3.63, 3.8) is 0 Å². The van der Waals surface area contributed by atoms with Crippen molar-refractivity contribution in [1.82, 2.24) is 5.32 Å². The average molecular weight is 236 g/mol. The van der Waals surface area contributed by atoms with E-state index in [0.29, 0.717) is 5.92 Å². The fraction of sp³-hybridized carbons (Fsp3) is 0.875. The van der Waals surface area contributed by atoms with Crippen LogP contribution in [-0.4, -0.2) is 22.6 Å². The largest absolute Gasteiger partial charge is 0.465 e. The van der Waals surface area contributed by atoms with E-state index >= 15 is 0 Å². The van der Waals surface area contributed by atoms with Crippen LogP contribution in [0.4, 0.5) is 4.79 Å². The summed E-state index contributed by atoms with van der Waals surface area (Å²) in [7, 11) is 0. The summed E-state index contributed by atoms with van der Waals surface area (Å²) in [4.78, 5) is 10.4. The molecule has 2 atom stereocenters. The highest BCUT2D eigenvalue weighted by Gasteiger charge is 2.24. The summed E-state index contributed by atoms with van der Waals surface area (Å²) >= 11 is 3.41. The first-order chi connectivity index (χ1) is 5.74. The number of hydrogen-bond acceptors (Lipinski definition) is 1. The molecule has 0 unspecified atom stereocenters. The smallest absolute Gasteiger partial charge is 0.404 e. The Morgan fingerprint density at radius 2 is 2.17 bits per heavy atom. The van der Waals surface area contributed by atoms with E-state index in [1.54, 1.807) is 0 Å². The second kappa shape index (κ2) is 4.70. The van der Waals surface area contributed by atoms with Crippen molar-refractivity contribution in [3.05, 3.63) is 0 Å². The maximum absolute atomic E-state index is 10.4. The lowest BCUT2D eigenvalue weighted by molar-refractivity contribution is 0.178. The molecule has 0 heterocycles. The van der Waals surface area contributed by atoms with Crippen LogP contribution in [0.5, 0.6) is 0 Å². The molecule has 1 aliphatic rings. The first-order valence-corrected chi connectivity index (χ1v) is 5.41. The van der Waals surface area contributed by atoms with Crippen molar-refractivity contribution >= 4 is 22.0 Å². The summed E-state index contributed by atoms with van der Waals surface area (Å²) < 4.78 is 0. The average Bonchev–Trinajstić information content (AvgIpc) is 2.04. The van der Waals surface area contributed by atoms with Crippen LogP contribution in [-0.2, 0) is 0 Å². The summed E-state index contributed by atoms with van der Waals surface area (Å²) in [5.74, 6) is 0.481. The van der Waals surface area contributed by atoms with E-state index in [4.69, 9.17) is 5.11 Å². The lowest BCUT2D eigenvalue weighted by Crippen LogP contribution is -2.42. The lowest BCUT2D eigenvalue weighted by atomic mass is 9.86. The molecule has 0 aromatic carbocycles. The standard InChI is InChI=1S/C8H14BrNO2/c9-5-6-3-1-2-4-7(6)10-8(11)12/h6-7,10H,1-5H2,(H,11,12)/t6-,7+/m1/s1. The van der Waals surface area contributed by atoms with Gasteiger partial charge in [-0.2, -0.15) is 0 Å². The number of amides is 1. The Balaban J connectivity index is 2.41. The highest BCUT2D eigenvalue weighted by atomic mass is 79.9. The molecule has 0 aromatic rings. The third-order valence-corrected chi connectivity index (χ3v) is 3.25. The van der Waals surface area contributed by atoms with E-state index in [0.717, 1.165) is 24.6 Å². The molecule has 0 bridgehead atoms. The second-order valence-corrected chi connectivity index (χ2v) is 3.90. The zero-order valence-electron chi connectivity index (χ0n) is 6.92. The van der Waals surface area contributed by atoms with Gasteiger partial charge in [0.25, 0.3) is 0 Å². The van der Waals surface area contributed by atoms with Crippen LogP contribution >= 0.6 is 15.9 Å². The van der Waals surface area contributed by atoms with Crippen molar-refractivity contribution in [2.45, 2.75) is 31.7 Å². The van der Waals surface area contributed by atoms with Gasteiger partial charge in [-0.1, -0.05) is 28.8 Å². The van der Waals surface area contributed by atoms with Gasteiger partial charge < -0.3 is 10.4 Å². The van der Waals surface area contributed by atoms with Crippen LogP contribution in [0.1, 0.15) is 25.7 Å². The van der Waals surface area contributed by atoms with E-state index in [9.17, 15) is 4.79 Å². The molecule has 1 fully saturated rings. The number of carboxylic acid groups (broad SMARTS) is 1. The third kappa shape index (κ3) is 2.66. The molecule has 0 radical (unpaired) electrons. The second-order valence-electron chi connectivity index (χ2n) is 3.25. The number of hydrogen-bond donors (Lipinski definition) is 2. The van der Waals surface area contributed by atoms with Crippen molar-refractivity contribution in [3.8, 4) is 0 Å². The van der Waals surface area contributed by atoms with Crippen molar-refractivity contribution in [2.24, 2.45) is 5.92 Å². The minimum Gasteiger partial charge on any atom is -0.465 e. The van der Waals surface area contributed by atoms with Crippen LogP contribution in [0.2, 0.25) is 0 Å². The maximum Gasteiger partial charge on any atom is 0.404 e. The van der Waals surface area contributed by atoms with E-state index in [1.807, 2.05) is 0 Å². The number of rotatable bonds is 2. The monoisotopic (exact) mass is 235 g/mol. The molecule has 1 amide bonds. The molecule has 0 spiro atoms. The Hall–Kier alpha value is -0.250. The molecule has 12 heavy (non-hydrogen) atoms. The van der Waals surface area contributed by atoms with Gasteiger partial charge in [0.05, 0.1) is 0 Å². The molecule has 0 aromatic heterocycles. The van der Waals surface area contributed by atoms with E-state index in [-0.39, 0.29) is 6.04 Å². The Labute approximate surface area is 80.7 Å². The van der Waals surface area contributed by atoms with Gasteiger partial charge in [-0.05, 0) is 18.8 Å². The van der Waals surface area contributed by atoms with Gasteiger partial charge in [-0.15, -0.1) is 0 Å². The zero-order valence-corrected chi connectivity index (χ0v) is 8.51. The lowest BCUT2D eigenvalue weighted by Gasteiger charge is -2.29. The van der Waals surface area contributed by atoms with Gasteiger partial charge in [0, 0.05) is 11.4 Å². The van der Waals surface area contributed by atoms with Crippen molar-refractivity contribution in [2.75, 3.05) is 5.33 Å². The number of carbonyl (C=O) groups is 1. The normalized spacial score (nSPS) is 29.8. The summed E-state index contributed by atoms with van der Waals surface area (Å²) in [6.45, 7) is 0. The van der Waals surface area contributed by atoms with E-state index < -0.39 is 6.09 Å². The predicted octanol–water partition coefficient (Wildman–Crippen LogP) is 2.21. The Kier molecular flexibility index (Phi) is 3.85. The summed E-state index contributed by atoms with van der Waals surface area (Å²) in [6, 6.07) is 0.163. The predicted molar refractivity (Wildman–Crippen MR) is 50.7 cm³/mol. The van der Waals surface area contributed by atoms with Gasteiger partial charge in [0.1, 0.15) is 0 Å². The molecule has 1 saturated carbocycles. The summed E-state index contributed by atoms with van der Waals surface area (Å²) in [5, 5.41) is 12.0. The fourth-order valence-corrected chi connectivity index (χ4v) is 2.52. The molecule has 0 aliphatic heterocycles. The molecule has 4 heteroatoms. The van der Waals surface area contributed by atoms with Crippen molar-refractivity contribution < 1.29 is 9.90 Å². The van der Waals surface area contributed by atoms with Crippen LogP contribution < -0.4 is 5.32 Å². The molecule has 1 rings (SSSR count).